The van der Waals surface area contributed by atoms with Crippen molar-refractivity contribution in [1.82, 2.24) is 10.2 Å². The second-order valence-electron chi connectivity index (χ2n) is 10.7. The zero-order chi connectivity index (χ0) is 35.0. The highest BCUT2D eigenvalue weighted by Crippen LogP contribution is 2.31. The van der Waals surface area contributed by atoms with Crippen molar-refractivity contribution in [1.29, 1.82) is 0 Å². The van der Waals surface area contributed by atoms with Crippen LogP contribution >= 0.6 is 23.2 Å². The molecular weight excluding hydrogens is 679 g/mol. The lowest BCUT2D eigenvalue weighted by Gasteiger charge is -2.34. The summed E-state index contributed by atoms with van der Waals surface area (Å²) in [6.45, 7) is 2.51. The van der Waals surface area contributed by atoms with Crippen LogP contribution in [0, 0.1) is 17.0 Å². The Morgan fingerprint density at radius 2 is 1.60 bits per heavy atom. The van der Waals surface area contributed by atoms with Gasteiger partial charge in [0.2, 0.25) is 11.8 Å². The maximum absolute atomic E-state index is 14.5. The number of amides is 2. The smallest absolute Gasteiger partial charge is 0.273 e. The van der Waals surface area contributed by atoms with Crippen LogP contribution in [0.25, 0.3) is 0 Å². The summed E-state index contributed by atoms with van der Waals surface area (Å²) in [7, 11) is -3.14. The van der Waals surface area contributed by atoms with Crippen LogP contribution in [0.1, 0.15) is 23.6 Å². The van der Waals surface area contributed by atoms with Gasteiger partial charge in [-0.2, -0.15) is 0 Å². The van der Waals surface area contributed by atoms with E-state index < -0.39 is 49.9 Å². The molecule has 4 rings (SSSR count). The van der Waals surface area contributed by atoms with Crippen molar-refractivity contribution in [3.05, 3.63) is 128 Å². The van der Waals surface area contributed by atoms with Crippen LogP contribution in [0.5, 0.6) is 5.75 Å². The Morgan fingerprint density at radius 3 is 2.19 bits per heavy atom. The maximum Gasteiger partial charge on any atom is 0.273 e. The molecule has 1 N–H and O–H groups in total. The normalized spacial score (nSPS) is 11.8. The lowest BCUT2D eigenvalue weighted by atomic mass is 10.0. The molecule has 48 heavy (non-hydrogen) atoms. The number of hydrogen-bond acceptors (Lipinski definition) is 7. The molecule has 0 aliphatic heterocycles. The molecule has 0 fully saturated rings. The Bertz CT molecular complexity index is 1870. The summed E-state index contributed by atoms with van der Waals surface area (Å²) in [6.07, 6.45) is 0.0972. The zero-order valence-electron chi connectivity index (χ0n) is 26.4. The highest BCUT2D eigenvalue weighted by molar-refractivity contribution is 7.92. The van der Waals surface area contributed by atoms with Crippen molar-refractivity contribution in [2.75, 3.05) is 24.5 Å². The molecule has 11 nitrogen and oxygen atoms in total. The van der Waals surface area contributed by atoms with Crippen molar-refractivity contribution < 1.29 is 27.7 Å². The van der Waals surface area contributed by atoms with Gasteiger partial charge in [-0.05, 0) is 61.9 Å². The molecule has 1 atom stereocenters. The molecule has 2 amide bonds. The molecule has 0 radical (unpaired) electrons. The second-order valence-corrected chi connectivity index (χ2v) is 13.4. The van der Waals surface area contributed by atoms with Gasteiger partial charge in [-0.25, -0.2) is 8.42 Å². The largest absolute Gasteiger partial charge is 0.497 e. The Kier molecular flexibility index (Phi) is 12.0. The lowest BCUT2D eigenvalue weighted by Crippen LogP contribution is -2.53. The fraction of sp³-hybridized carbons (Fsp3) is 0.235. The van der Waals surface area contributed by atoms with Crippen LogP contribution in [0.4, 0.5) is 11.4 Å². The van der Waals surface area contributed by atoms with E-state index in [4.69, 9.17) is 27.9 Å². The van der Waals surface area contributed by atoms with E-state index in [2.05, 4.69) is 5.32 Å². The Morgan fingerprint density at radius 1 is 0.958 bits per heavy atom. The molecule has 252 valence electrons. The Labute approximate surface area is 289 Å². The van der Waals surface area contributed by atoms with Gasteiger partial charge in [0.1, 0.15) is 18.3 Å². The Balaban J connectivity index is 1.86. The van der Waals surface area contributed by atoms with E-state index in [0.29, 0.717) is 11.3 Å². The summed E-state index contributed by atoms with van der Waals surface area (Å²) >= 11 is 13.0. The third-order valence-electron chi connectivity index (χ3n) is 7.62. The monoisotopic (exact) mass is 712 g/mol. The molecule has 4 aromatic carbocycles. The fourth-order valence-electron chi connectivity index (χ4n) is 5.05. The molecule has 0 spiro atoms. The number of methoxy groups -OCH3 is 1. The molecule has 0 aliphatic carbocycles. The number of carbonyl (C=O) groups is 2. The molecule has 0 bridgehead atoms. The topological polar surface area (TPSA) is 139 Å². The first-order valence-electron chi connectivity index (χ1n) is 14.8. The minimum atomic E-state index is -4.59. The predicted octanol–water partition coefficient (Wildman–Crippen LogP) is 6.19. The van der Waals surface area contributed by atoms with Crippen LogP contribution in [-0.4, -0.2) is 56.3 Å². The van der Waals surface area contributed by atoms with Gasteiger partial charge in [-0.15, -0.1) is 0 Å². The number of anilines is 1. The molecular formula is C34H34Cl2N4O7S. The molecule has 14 heteroatoms. The lowest BCUT2D eigenvalue weighted by molar-refractivity contribution is -0.385. The van der Waals surface area contributed by atoms with Crippen LogP contribution < -0.4 is 14.4 Å². The molecule has 0 saturated carbocycles. The molecule has 0 aromatic heterocycles. The van der Waals surface area contributed by atoms with Gasteiger partial charge >= 0.3 is 0 Å². The van der Waals surface area contributed by atoms with Gasteiger partial charge in [0, 0.05) is 46.7 Å². The average Bonchev–Trinajstić information content (AvgIpc) is 3.06. The van der Waals surface area contributed by atoms with Gasteiger partial charge in [0.25, 0.3) is 15.7 Å². The van der Waals surface area contributed by atoms with E-state index in [9.17, 15) is 28.1 Å². The number of hydrogen-bond donors (Lipinski definition) is 1. The van der Waals surface area contributed by atoms with Crippen molar-refractivity contribution in [2.24, 2.45) is 0 Å². The molecule has 4 aromatic rings. The highest BCUT2D eigenvalue weighted by Gasteiger charge is 2.35. The number of sulfonamides is 1. The number of nitro groups is 1. The van der Waals surface area contributed by atoms with Gasteiger partial charge in [-0.1, -0.05) is 65.7 Å². The SMILES string of the molecule is CCNC(=O)C(Cc1ccccc1)N(Cc1c(Cl)cccc1Cl)C(=O)CN(c1ccc(OC)cc1)S(=O)(=O)c1ccc(C)c([N+](=O)[O-])c1. The summed E-state index contributed by atoms with van der Waals surface area (Å²) in [5, 5.41) is 15.0. The number of ether oxygens (including phenoxy) is 1. The third-order valence-corrected chi connectivity index (χ3v) is 10.1. The summed E-state index contributed by atoms with van der Waals surface area (Å²) in [5.74, 6) is -0.785. The van der Waals surface area contributed by atoms with Gasteiger partial charge < -0.3 is 15.0 Å². The summed E-state index contributed by atoms with van der Waals surface area (Å²) in [6, 6.07) is 22.3. The minimum Gasteiger partial charge on any atom is -0.497 e. The van der Waals surface area contributed by atoms with Crippen LogP contribution in [0.2, 0.25) is 10.0 Å². The number of rotatable bonds is 14. The molecule has 0 heterocycles. The van der Waals surface area contributed by atoms with Crippen molar-refractivity contribution in [3.63, 3.8) is 0 Å². The highest BCUT2D eigenvalue weighted by atomic mass is 35.5. The number of aryl methyl sites for hydroxylation is 1. The van der Waals surface area contributed by atoms with Crippen LogP contribution in [0.3, 0.4) is 0 Å². The van der Waals surface area contributed by atoms with Crippen molar-refractivity contribution in [2.45, 2.75) is 37.8 Å². The maximum atomic E-state index is 14.5. The minimum absolute atomic E-state index is 0.0840. The van der Waals surface area contributed by atoms with E-state index in [1.54, 1.807) is 37.3 Å². The molecule has 0 aliphatic rings. The predicted molar refractivity (Wildman–Crippen MR) is 185 cm³/mol. The zero-order valence-corrected chi connectivity index (χ0v) is 28.8. The van der Waals surface area contributed by atoms with Gasteiger partial charge in [0.15, 0.2) is 0 Å². The summed E-state index contributed by atoms with van der Waals surface area (Å²) in [5.41, 5.74) is 1.07. The first kappa shape index (κ1) is 36.2. The fourth-order valence-corrected chi connectivity index (χ4v) is 7.00. The quantitative estimate of drug-likeness (QED) is 0.122. The standard InChI is InChI=1S/C34H34Cl2N4O7S/c1-4-37-34(42)32(19-24-9-6-5-7-10-24)38(21-28-29(35)11-8-12-30(28)36)33(41)22-39(25-14-16-26(47-3)17-15-25)48(45,46)27-18-13-23(2)31(20-27)40(43)44/h5-18,20,32H,4,19,21-22H2,1-3H3,(H,37,42). The van der Waals surface area contributed by atoms with Crippen LogP contribution in [0.15, 0.2) is 95.9 Å². The summed E-state index contributed by atoms with van der Waals surface area (Å²) < 4.78 is 34.6. The van der Waals surface area contributed by atoms with Crippen molar-refractivity contribution >= 4 is 56.4 Å². The summed E-state index contributed by atoms with van der Waals surface area (Å²) in [4.78, 5) is 40.1. The number of nitro benzene ring substituents is 1. The first-order chi connectivity index (χ1) is 22.9. The number of benzene rings is 4. The number of likely N-dealkylation sites (N-methyl/N-ethyl adjacent to an activating group) is 1. The van der Waals surface area contributed by atoms with E-state index in [0.717, 1.165) is 15.9 Å². The molecule has 1 unspecified atom stereocenters. The van der Waals surface area contributed by atoms with Gasteiger partial charge in [0.05, 0.1) is 22.6 Å². The number of halogens is 2. The third kappa shape index (κ3) is 8.43. The first-order valence-corrected chi connectivity index (χ1v) is 17.0. The number of nitrogens with one attached hydrogen (secondary N) is 1. The Hall–Kier alpha value is -4.65. The van der Waals surface area contributed by atoms with Crippen LogP contribution in [-0.2, 0) is 32.6 Å². The van der Waals surface area contributed by atoms with Crippen molar-refractivity contribution in [3.8, 4) is 5.75 Å². The molecule has 0 saturated heterocycles. The van der Waals surface area contributed by atoms with E-state index in [1.807, 2.05) is 18.2 Å². The van der Waals surface area contributed by atoms with E-state index in [-0.39, 0.29) is 40.8 Å². The number of nitrogens with zero attached hydrogens (tertiary/aromatic N) is 3. The average molecular weight is 714 g/mol. The van der Waals surface area contributed by atoms with E-state index >= 15 is 0 Å². The number of carbonyl (C=O) groups excluding carboxylic acids is 2. The van der Waals surface area contributed by atoms with E-state index in [1.165, 1.54) is 55.3 Å². The van der Waals surface area contributed by atoms with Gasteiger partial charge in [-0.3, -0.25) is 24.0 Å². The second kappa shape index (κ2) is 16.0.